The number of aromatic nitrogens is 2. The van der Waals surface area contributed by atoms with Crippen molar-refractivity contribution in [1.82, 2.24) is 9.38 Å². The fourth-order valence-electron chi connectivity index (χ4n) is 2.71. The Morgan fingerprint density at radius 3 is 2.88 bits per heavy atom. The third-order valence-corrected chi connectivity index (χ3v) is 4.55. The number of aromatic carboxylic acids is 1. The van der Waals surface area contributed by atoms with Gasteiger partial charge in [-0.3, -0.25) is 4.40 Å². The molecule has 1 fully saturated rings. The summed E-state index contributed by atoms with van der Waals surface area (Å²) in [6.07, 6.45) is 9.50. The summed E-state index contributed by atoms with van der Waals surface area (Å²) in [7, 11) is 0. The first-order valence-electron chi connectivity index (χ1n) is 5.96. The van der Waals surface area contributed by atoms with Crippen molar-refractivity contribution >= 4 is 22.3 Å². The first-order chi connectivity index (χ1) is 8.27. The Morgan fingerprint density at radius 1 is 1.41 bits per heavy atom. The van der Waals surface area contributed by atoms with Crippen molar-refractivity contribution in [2.24, 2.45) is 0 Å². The molecule has 0 bridgehead atoms. The lowest BCUT2D eigenvalue weighted by molar-refractivity contribution is 0.0699. The van der Waals surface area contributed by atoms with Crippen LogP contribution in [0.1, 0.15) is 53.4 Å². The first-order valence-corrected chi connectivity index (χ1v) is 6.78. The van der Waals surface area contributed by atoms with Gasteiger partial charge in [-0.1, -0.05) is 30.6 Å². The summed E-state index contributed by atoms with van der Waals surface area (Å²) in [6, 6.07) is 0. The van der Waals surface area contributed by atoms with Crippen molar-refractivity contribution in [3.8, 4) is 0 Å². The Balaban J connectivity index is 2.13. The van der Waals surface area contributed by atoms with Gasteiger partial charge in [0.05, 0.1) is 5.69 Å². The van der Waals surface area contributed by atoms with Crippen molar-refractivity contribution in [3.05, 3.63) is 23.0 Å². The lowest BCUT2D eigenvalue weighted by Crippen LogP contribution is -2.11. The molecule has 0 spiro atoms. The quantitative estimate of drug-likeness (QED) is 0.890. The zero-order chi connectivity index (χ0) is 11.8. The van der Waals surface area contributed by atoms with E-state index in [1.165, 1.54) is 30.6 Å². The molecule has 1 aliphatic carbocycles. The van der Waals surface area contributed by atoms with Crippen LogP contribution in [0, 0.1) is 0 Å². The molecule has 0 aliphatic heterocycles. The molecular formula is C12H14N2O2S. The molecule has 1 saturated carbocycles. The van der Waals surface area contributed by atoms with Gasteiger partial charge in [0, 0.05) is 18.3 Å². The monoisotopic (exact) mass is 250 g/mol. The van der Waals surface area contributed by atoms with Crippen LogP contribution in [0.25, 0.3) is 4.96 Å². The fraction of sp³-hybridized carbons (Fsp3) is 0.500. The van der Waals surface area contributed by atoms with Gasteiger partial charge in [-0.05, 0) is 12.8 Å². The maximum absolute atomic E-state index is 11.3. The van der Waals surface area contributed by atoms with E-state index in [9.17, 15) is 9.90 Å². The normalized spacial score (nSPS) is 17.6. The van der Waals surface area contributed by atoms with Gasteiger partial charge < -0.3 is 5.11 Å². The standard InChI is InChI=1S/C12H14N2O2S/c15-11(16)10-9(8-4-2-1-3-5-8)14-7-6-13-12(14)17-10/h6-8H,1-5H2,(H,15,16). The smallest absolute Gasteiger partial charge is 0.347 e. The highest BCUT2D eigenvalue weighted by atomic mass is 32.1. The number of nitrogens with zero attached hydrogens (tertiary/aromatic N) is 2. The van der Waals surface area contributed by atoms with Crippen LogP contribution in [-0.2, 0) is 0 Å². The van der Waals surface area contributed by atoms with Crippen LogP contribution in [0.15, 0.2) is 12.4 Å². The molecule has 1 N–H and O–H groups in total. The molecule has 0 atom stereocenters. The average Bonchev–Trinajstić information content (AvgIpc) is 2.89. The molecule has 2 aromatic rings. The van der Waals surface area contributed by atoms with E-state index in [0.29, 0.717) is 10.8 Å². The molecule has 2 aromatic heterocycles. The Bertz CT molecular complexity index is 552. The van der Waals surface area contributed by atoms with Crippen molar-refractivity contribution in [1.29, 1.82) is 0 Å². The lowest BCUT2D eigenvalue weighted by Gasteiger charge is -2.21. The van der Waals surface area contributed by atoms with Gasteiger partial charge in [0.25, 0.3) is 0 Å². The number of rotatable bonds is 2. The largest absolute Gasteiger partial charge is 0.477 e. The van der Waals surface area contributed by atoms with Crippen LogP contribution in [0.3, 0.4) is 0 Å². The van der Waals surface area contributed by atoms with E-state index in [2.05, 4.69) is 4.98 Å². The highest BCUT2D eigenvalue weighted by Crippen LogP contribution is 2.37. The summed E-state index contributed by atoms with van der Waals surface area (Å²) in [5, 5.41) is 9.29. The second-order valence-electron chi connectivity index (χ2n) is 4.54. The highest BCUT2D eigenvalue weighted by Gasteiger charge is 2.26. The van der Waals surface area contributed by atoms with Crippen molar-refractivity contribution < 1.29 is 9.90 Å². The second kappa shape index (κ2) is 4.14. The summed E-state index contributed by atoms with van der Waals surface area (Å²) < 4.78 is 1.96. The molecule has 0 saturated heterocycles. The number of fused-ring (bicyclic) bond motifs is 1. The van der Waals surface area contributed by atoms with Crippen molar-refractivity contribution in [2.45, 2.75) is 38.0 Å². The van der Waals surface area contributed by atoms with E-state index in [1.807, 2.05) is 10.6 Å². The van der Waals surface area contributed by atoms with Crippen molar-refractivity contribution in [3.63, 3.8) is 0 Å². The number of imidazole rings is 1. The van der Waals surface area contributed by atoms with Gasteiger partial charge in [-0.25, -0.2) is 9.78 Å². The minimum atomic E-state index is -0.818. The summed E-state index contributed by atoms with van der Waals surface area (Å²) in [4.78, 5) is 16.8. The van der Waals surface area contributed by atoms with Crippen LogP contribution in [0.5, 0.6) is 0 Å². The van der Waals surface area contributed by atoms with Crippen LogP contribution in [0.2, 0.25) is 0 Å². The third kappa shape index (κ3) is 1.74. The zero-order valence-corrected chi connectivity index (χ0v) is 10.2. The molecule has 2 heterocycles. The maximum atomic E-state index is 11.3. The predicted octanol–water partition coefficient (Wildman–Crippen LogP) is 3.14. The fourth-order valence-corrected chi connectivity index (χ4v) is 3.72. The van der Waals surface area contributed by atoms with Gasteiger partial charge in [0.15, 0.2) is 4.96 Å². The van der Waals surface area contributed by atoms with Crippen LogP contribution >= 0.6 is 11.3 Å². The number of carbonyl (C=O) groups is 1. The Hall–Kier alpha value is -1.36. The van der Waals surface area contributed by atoms with E-state index in [-0.39, 0.29) is 0 Å². The molecule has 5 heteroatoms. The van der Waals surface area contributed by atoms with E-state index in [4.69, 9.17) is 0 Å². The number of carboxylic acids is 1. The Morgan fingerprint density at radius 2 is 2.18 bits per heavy atom. The van der Waals surface area contributed by atoms with E-state index >= 15 is 0 Å². The summed E-state index contributed by atoms with van der Waals surface area (Å²) in [6.45, 7) is 0. The van der Waals surface area contributed by atoms with Gasteiger partial charge in [0.2, 0.25) is 0 Å². The van der Waals surface area contributed by atoms with Gasteiger partial charge >= 0.3 is 5.97 Å². The predicted molar refractivity (Wildman–Crippen MR) is 65.9 cm³/mol. The highest BCUT2D eigenvalue weighted by molar-refractivity contribution is 7.19. The van der Waals surface area contributed by atoms with Gasteiger partial charge in [0.1, 0.15) is 4.88 Å². The average molecular weight is 250 g/mol. The molecule has 3 rings (SSSR count). The lowest BCUT2D eigenvalue weighted by atomic mass is 9.86. The molecule has 17 heavy (non-hydrogen) atoms. The van der Waals surface area contributed by atoms with E-state index in [1.54, 1.807) is 6.20 Å². The second-order valence-corrected chi connectivity index (χ2v) is 5.51. The molecule has 0 amide bonds. The summed E-state index contributed by atoms with van der Waals surface area (Å²) >= 11 is 1.28. The van der Waals surface area contributed by atoms with E-state index < -0.39 is 5.97 Å². The molecule has 0 aromatic carbocycles. The topological polar surface area (TPSA) is 54.6 Å². The van der Waals surface area contributed by atoms with E-state index in [0.717, 1.165) is 23.5 Å². The SMILES string of the molecule is O=C(O)c1sc2nccn2c1C1CCCCC1. The minimum Gasteiger partial charge on any atom is -0.477 e. The van der Waals surface area contributed by atoms with Crippen molar-refractivity contribution in [2.75, 3.05) is 0 Å². The number of hydrogen-bond donors (Lipinski definition) is 1. The van der Waals surface area contributed by atoms with Crippen LogP contribution < -0.4 is 0 Å². The van der Waals surface area contributed by atoms with Crippen LogP contribution in [-0.4, -0.2) is 20.5 Å². The molecular weight excluding hydrogens is 236 g/mol. The van der Waals surface area contributed by atoms with Gasteiger partial charge in [-0.2, -0.15) is 0 Å². The summed E-state index contributed by atoms with van der Waals surface area (Å²) in [5.41, 5.74) is 0.967. The molecule has 0 radical (unpaired) electrons. The van der Waals surface area contributed by atoms with Crippen LogP contribution in [0.4, 0.5) is 0 Å². The zero-order valence-electron chi connectivity index (χ0n) is 9.43. The third-order valence-electron chi connectivity index (χ3n) is 3.48. The minimum absolute atomic E-state index is 0.387. The molecule has 90 valence electrons. The number of hydrogen-bond acceptors (Lipinski definition) is 3. The molecule has 1 aliphatic rings. The first kappa shape index (κ1) is 10.8. The van der Waals surface area contributed by atoms with Gasteiger partial charge in [-0.15, -0.1) is 0 Å². The molecule has 4 nitrogen and oxygen atoms in total. The summed E-state index contributed by atoms with van der Waals surface area (Å²) in [5.74, 6) is -0.432. The Labute approximate surface area is 103 Å². The molecule has 0 unspecified atom stereocenters. The maximum Gasteiger partial charge on any atom is 0.347 e. The Kier molecular flexibility index (Phi) is 2.63. The number of carboxylic acid groups (broad SMARTS) is 1. The number of thiazole rings is 1.